The van der Waals surface area contributed by atoms with Gasteiger partial charge in [-0.25, -0.2) is 0 Å². The Balaban J connectivity index is 3.46. The average Bonchev–Trinajstić information content (AvgIpc) is 2.00. The molecule has 0 spiro atoms. The average molecular weight is 161 g/mol. The van der Waals surface area contributed by atoms with Gasteiger partial charge in [-0.05, 0) is 13.8 Å². The van der Waals surface area contributed by atoms with Crippen LogP contribution in [0, 0.1) is 0 Å². The third-order valence-corrected chi connectivity index (χ3v) is 1.09. The fourth-order valence-electron chi connectivity index (χ4n) is 0.562. The van der Waals surface area contributed by atoms with Gasteiger partial charge in [0.15, 0.2) is 0 Å². The zero-order valence-corrected chi connectivity index (χ0v) is 7.00. The normalized spacial score (nSPS) is 12.6. The Kier molecular flexibility index (Phi) is 5.78. The van der Waals surface area contributed by atoms with Crippen LogP contribution in [0.25, 0.3) is 0 Å². The summed E-state index contributed by atoms with van der Waals surface area (Å²) < 4.78 is 9.59. The van der Waals surface area contributed by atoms with Crippen LogP contribution in [-0.2, 0) is 14.3 Å². The van der Waals surface area contributed by atoms with E-state index in [1.165, 1.54) is 0 Å². The summed E-state index contributed by atoms with van der Waals surface area (Å²) in [5.74, 6) is -0.402. The van der Waals surface area contributed by atoms with Crippen LogP contribution in [-0.4, -0.2) is 31.8 Å². The molecule has 0 aliphatic heterocycles. The Morgan fingerprint density at radius 2 is 2.09 bits per heavy atom. The monoisotopic (exact) mass is 161 g/mol. The number of carbonyl (C=O) groups is 1. The molecule has 0 unspecified atom stereocenters. The van der Waals surface area contributed by atoms with E-state index in [0.29, 0.717) is 13.2 Å². The second-order valence-corrected chi connectivity index (χ2v) is 2.02. The molecular weight excluding hydrogens is 146 g/mol. The van der Waals surface area contributed by atoms with Crippen molar-refractivity contribution in [3.05, 3.63) is 0 Å². The van der Waals surface area contributed by atoms with Crippen molar-refractivity contribution < 1.29 is 14.3 Å². The van der Waals surface area contributed by atoms with Crippen LogP contribution in [0.15, 0.2) is 0 Å². The summed E-state index contributed by atoms with van der Waals surface area (Å²) in [4.78, 5) is 10.8. The molecule has 0 aromatic carbocycles. The molecule has 0 aliphatic carbocycles. The summed E-state index contributed by atoms with van der Waals surface area (Å²) in [6, 6.07) is -0.644. The summed E-state index contributed by atoms with van der Waals surface area (Å²) in [6.07, 6.45) is 0. The van der Waals surface area contributed by atoms with E-state index < -0.39 is 12.0 Å². The van der Waals surface area contributed by atoms with Crippen molar-refractivity contribution in [2.45, 2.75) is 19.9 Å². The van der Waals surface area contributed by atoms with Gasteiger partial charge >= 0.3 is 5.97 Å². The molecule has 0 radical (unpaired) electrons. The van der Waals surface area contributed by atoms with Crippen LogP contribution in [0.2, 0.25) is 0 Å². The van der Waals surface area contributed by atoms with Crippen molar-refractivity contribution in [1.82, 2.24) is 0 Å². The van der Waals surface area contributed by atoms with Gasteiger partial charge in [-0.3, -0.25) is 4.79 Å². The number of ether oxygens (including phenoxy) is 2. The van der Waals surface area contributed by atoms with Crippen LogP contribution < -0.4 is 5.73 Å². The Labute approximate surface area is 66.7 Å². The lowest BCUT2D eigenvalue weighted by molar-refractivity contribution is -0.146. The number of esters is 1. The van der Waals surface area contributed by atoms with Gasteiger partial charge in [-0.15, -0.1) is 0 Å². The van der Waals surface area contributed by atoms with Crippen molar-refractivity contribution in [3.8, 4) is 0 Å². The minimum absolute atomic E-state index is 0.231. The van der Waals surface area contributed by atoms with Gasteiger partial charge in [0.05, 0.1) is 13.2 Å². The first-order chi connectivity index (χ1) is 5.22. The Hall–Kier alpha value is -0.610. The summed E-state index contributed by atoms with van der Waals surface area (Å²) in [7, 11) is 0. The molecule has 0 aromatic heterocycles. The predicted octanol–water partition coefficient (Wildman–Crippen LogP) is -0.0867. The van der Waals surface area contributed by atoms with Gasteiger partial charge in [0.1, 0.15) is 6.04 Å². The first-order valence-electron chi connectivity index (χ1n) is 3.72. The summed E-state index contributed by atoms with van der Waals surface area (Å²) in [6.45, 7) is 4.74. The first kappa shape index (κ1) is 10.4. The predicted molar refractivity (Wildman–Crippen MR) is 41.1 cm³/mol. The van der Waals surface area contributed by atoms with Gasteiger partial charge < -0.3 is 15.2 Å². The largest absolute Gasteiger partial charge is 0.465 e. The highest BCUT2D eigenvalue weighted by atomic mass is 16.5. The standard InChI is InChI=1S/C7H15NO3/c1-3-10-5-6(8)7(9)11-4-2/h6H,3-5,8H2,1-2H3/t6-/m1/s1. The molecule has 0 saturated heterocycles. The quantitative estimate of drug-likeness (QED) is 0.572. The second kappa shape index (κ2) is 6.12. The van der Waals surface area contributed by atoms with E-state index in [0.717, 1.165) is 0 Å². The molecule has 0 aliphatic rings. The molecule has 2 N–H and O–H groups in total. The fourth-order valence-corrected chi connectivity index (χ4v) is 0.562. The maximum Gasteiger partial charge on any atom is 0.325 e. The van der Waals surface area contributed by atoms with Crippen LogP contribution in [0.1, 0.15) is 13.8 Å². The molecule has 0 amide bonds. The lowest BCUT2D eigenvalue weighted by Crippen LogP contribution is -2.36. The molecule has 11 heavy (non-hydrogen) atoms. The molecule has 4 heteroatoms. The molecule has 4 nitrogen and oxygen atoms in total. The molecule has 0 bridgehead atoms. The third kappa shape index (κ3) is 4.75. The number of nitrogens with two attached hydrogens (primary N) is 1. The van der Waals surface area contributed by atoms with Gasteiger partial charge in [-0.2, -0.15) is 0 Å². The first-order valence-corrected chi connectivity index (χ1v) is 3.72. The van der Waals surface area contributed by atoms with Gasteiger partial charge in [-0.1, -0.05) is 0 Å². The van der Waals surface area contributed by atoms with E-state index in [-0.39, 0.29) is 6.61 Å². The summed E-state index contributed by atoms with van der Waals surface area (Å²) in [5.41, 5.74) is 5.39. The van der Waals surface area contributed by atoms with Crippen LogP contribution >= 0.6 is 0 Å². The zero-order valence-electron chi connectivity index (χ0n) is 7.00. The lowest BCUT2D eigenvalue weighted by atomic mass is 10.3. The van der Waals surface area contributed by atoms with Crippen molar-refractivity contribution in [3.63, 3.8) is 0 Å². The van der Waals surface area contributed by atoms with Gasteiger partial charge in [0.2, 0.25) is 0 Å². The smallest absolute Gasteiger partial charge is 0.325 e. The second-order valence-electron chi connectivity index (χ2n) is 2.02. The van der Waals surface area contributed by atoms with Crippen LogP contribution in [0.5, 0.6) is 0 Å². The minimum atomic E-state index is -0.644. The van der Waals surface area contributed by atoms with Crippen molar-refractivity contribution >= 4 is 5.97 Å². The Morgan fingerprint density at radius 1 is 1.45 bits per heavy atom. The topological polar surface area (TPSA) is 61.5 Å². The van der Waals surface area contributed by atoms with E-state index in [9.17, 15) is 4.79 Å². The lowest BCUT2D eigenvalue weighted by Gasteiger charge is -2.09. The van der Waals surface area contributed by atoms with Gasteiger partial charge in [0.25, 0.3) is 0 Å². The molecule has 0 saturated carbocycles. The summed E-state index contributed by atoms with van der Waals surface area (Å²) in [5, 5.41) is 0. The maximum atomic E-state index is 10.8. The number of hydrogen-bond acceptors (Lipinski definition) is 4. The number of carbonyl (C=O) groups excluding carboxylic acids is 1. The molecule has 0 fully saturated rings. The van der Waals surface area contributed by atoms with E-state index in [1.54, 1.807) is 6.92 Å². The third-order valence-electron chi connectivity index (χ3n) is 1.09. The Bertz CT molecular complexity index is 116. The number of hydrogen-bond donors (Lipinski definition) is 1. The molecule has 0 aromatic rings. The highest BCUT2D eigenvalue weighted by Gasteiger charge is 2.13. The molecule has 0 rings (SSSR count). The van der Waals surface area contributed by atoms with Crippen LogP contribution in [0.3, 0.4) is 0 Å². The van der Waals surface area contributed by atoms with E-state index in [1.807, 2.05) is 6.92 Å². The van der Waals surface area contributed by atoms with Gasteiger partial charge in [0, 0.05) is 6.61 Å². The van der Waals surface area contributed by atoms with E-state index in [4.69, 9.17) is 10.5 Å². The van der Waals surface area contributed by atoms with Crippen molar-refractivity contribution in [2.24, 2.45) is 5.73 Å². The minimum Gasteiger partial charge on any atom is -0.465 e. The molecular formula is C7H15NO3. The molecule has 66 valence electrons. The van der Waals surface area contributed by atoms with Crippen molar-refractivity contribution in [2.75, 3.05) is 19.8 Å². The molecule has 1 atom stereocenters. The number of rotatable bonds is 5. The fraction of sp³-hybridized carbons (Fsp3) is 0.857. The summed E-state index contributed by atoms with van der Waals surface area (Å²) >= 11 is 0. The Morgan fingerprint density at radius 3 is 2.55 bits per heavy atom. The van der Waals surface area contributed by atoms with E-state index >= 15 is 0 Å². The zero-order chi connectivity index (χ0) is 8.69. The SMILES string of the molecule is CCOC[C@@H](N)C(=O)OCC. The van der Waals surface area contributed by atoms with E-state index in [2.05, 4.69) is 4.74 Å². The highest BCUT2D eigenvalue weighted by molar-refractivity contribution is 5.75. The maximum absolute atomic E-state index is 10.8. The van der Waals surface area contributed by atoms with Crippen LogP contribution in [0.4, 0.5) is 0 Å². The highest BCUT2D eigenvalue weighted by Crippen LogP contribution is 1.86. The molecule has 0 heterocycles. The van der Waals surface area contributed by atoms with Crippen molar-refractivity contribution in [1.29, 1.82) is 0 Å².